The van der Waals surface area contributed by atoms with Crippen LogP contribution in [0.5, 0.6) is 0 Å². The highest BCUT2D eigenvalue weighted by molar-refractivity contribution is 7.99. The van der Waals surface area contributed by atoms with Crippen LogP contribution in [0.4, 0.5) is 15.8 Å². The Hall–Kier alpha value is -3.46. The van der Waals surface area contributed by atoms with Gasteiger partial charge < -0.3 is 15.2 Å². The van der Waals surface area contributed by atoms with Crippen molar-refractivity contribution >= 4 is 35.0 Å². The third-order valence-electron chi connectivity index (χ3n) is 4.56. The number of thioether (sulfide) groups is 1. The molecule has 2 N–H and O–H groups in total. The summed E-state index contributed by atoms with van der Waals surface area (Å²) >= 11 is 1.22. The Balaban J connectivity index is 1.63. The van der Waals surface area contributed by atoms with Crippen LogP contribution in [-0.2, 0) is 22.6 Å². The van der Waals surface area contributed by atoms with Crippen LogP contribution in [0, 0.1) is 19.7 Å². The first-order valence-corrected chi connectivity index (χ1v) is 10.9. The number of hydrogen-bond acceptors (Lipinski definition) is 5. The molecule has 0 fully saturated rings. The summed E-state index contributed by atoms with van der Waals surface area (Å²) in [5, 5.41) is 14.1. The smallest absolute Gasteiger partial charge is 0.234 e. The Kier molecular flexibility index (Phi) is 7.77. The van der Waals surface area contributed by atoms with E-state index in [1.54, 1.807) is 22.8 Å². The minimum absolute atomic E-state index is 0.0928. The molecular formula is C23H24FN5O2S. The molecule has 7 nitrogen and oxygen atoms in total. The van der Waals surface area contributed by atoms with E-state index in [1.165, 1.54) is 23.9 Å². The summed E-state index contributed by atoms with van der Waals surface area (Å²) in [5.74, 6) is -0.578. The zero-order chi connectivity index (χ0) is 23.1. The Bertz CT molecular complexity index is 1150. The minimum Gasteiger partial charge on any atom is -0.325 e. The zero-order valence-electron chi connectivity index (χ0n) is 17.9. The maximum Gasteiger partial charge on any atom is 0.234 e. The number of carbonyl (C=O) groups is 2. The first kappa shape index (κ1) is 23.2. The number of nitrogens with zero attached hydrogens (tertiary/aromatic N) is 3. The van der Waals surface area contributed by atoms with E-state index in [9.17, 15) is 14.0 Å². The number of anilines is 2. The molecule has 9 heteroatoms. The Morgan fingerprint density at radius 3 is 2.56 bits per heavy atom. The monoisotopic (exact) mass is 453 g/mol. The fourth-order valence-corrected chi connectivity index (χ4v) is 3.81. The van der Waals surface area contributed by atoms with Crippen molar-refractivity contribution in [3.8, 4) is 0 Å². The molecule has 1 aromatic heterocycles. The molecule has 0 aliphatic rings. The number of hydrogen-bond donors (Lipinski definition) is 2. The lowest BCUT2D eigenvalue weighted by Gasteiger charge is -2.10. The Labute approximate surface area is 190 Å². The fourth-order valence-electron chi connectivity index (χ4n) is 3.04. The van der Waals surface area contributed by atoms with Crippen molar-refractivity contribution in [3.63, 3.8) is 0 Å². The van der Waals surface area contributed by atoms with Gasteiger partial charge in [0.25, 0.3) is 0 Å². The van der Waals surface area contributed by atoms with Gasteiger partial charge in [0.2, 0.25) is 11.8 Å². The van der Waals surface area contributed by atoms with Gasteiger partial charge in [-0.05, 0) is 37.6 Å². The molecule has 0 spiro atoms. The number of aryl methyl sites for hydroxylation is 2. The van der Waals surface area contributed by atoms with Crippen molar-refractivity contribution in [2.45, 2.75) is 32.0 Å². The van der Waals surface area contributed by atoms with E-state index in [-0.39, 0.29) is 23.8 Å². The first-order valence-electron chi connectivity index (χ1n) is 9.94. The third-order valence-corrected chi connectivity index (χ3v) is 5.53. The van der Waals surface area contributed by atoms with Gasteiger partial charge in [-0.15, -0.1) is 16.8 Å². The number of amides is 2. The highest BCUT2D eigenvalue weighted by Gasteiger charge is 2.17. The van der Waals surface area contributed by atoms with E-state index < -0.39 is 11.7 Å². The summed E-state index contributed by atoms with van der Waals surface area (Å²) in [6, 6.07) is 11.8. The number of para-hydroxylation sites is 1. The molecule has 32 heavy (non-hydrogen) atoms. The van der Waals surface area contributed by atoms with Crippen LogP contribution in [0.25, 0.3) is 0 Å². The number of nitrogens with one attached hydrogen (secondary N) is 2. The molecule has 1 heterocycles. The van der Waals surface area contributed by atoms with Crippen LogP contribution < -0.4 is 10.6 Å². The Morgan fingerprint density at radius 1 is 1.09 bits per heavy atom. The van der Waals surface area contributed by atoms with Gasteiger partial charge in [-0.3, -0.25) is 9.59 Å². The zero-order valence-corrected chi connectivity index (χ0v) is 18.7. The summed E-state index contributed by atoms with van der Waals surface area (Å²) in [5.41, 5.74) is 2.98. The van der Waals surface area contributed by atoms with Crippen LogP contribution >= 0.6 is 11.8 Å². The van der Waals surface area contributed by atoms with Gasteiger partial charge in [0, 0.05) is 12.2 Å². The average molecular weight is 454 g/mol. The number of allylic oxidation sites excluding steroid dienone is 1. The lowest BCUT2D eigenvalue weighted by Crippen LogP contribution is -2.19. The average Bonchev–Trinajstić information content (AvgIpc) is 3.12. The summed E-state index contributed by atoms with van der Waals surface area (Å²) < 4.78 is 15.5. The van der Waals surface area contributed by atoms with Crippen LogP contribution in [0.15, 0.2) is 60.3 Å². The number of carbonyl (C=O) groups excluding carboxylic acids is 2. The highest BCUT2D eigenvalue weighted by atomic mass is 32.2. The number of rotatable bonds is 9. The van der Waals surface area contributed by atoms with Crippen molar-refractivity contribution < 1.29 is 14.0 Å². The maximum atomic E-state index is 13.8. The van der Waals surface area contributed by atoms with Crippen LogP contribution in [0.3, 0.4) is 0 Å². The van der Waals surface area contributed by atoms with Crippen molar-refractivity contribution in [1.29, 1.82) is 0 Å². The highest BCUT2D eigenvalue weighted by Crippen LogP contribution is 2.20. The predicted molar refractivity (Wildman–Crippen MR) is 124 cm³/mol. The third kappa shape index (κ3) is 6.04. The Morgan fingerprint density at radius 2 is 1.84 bits per heavy atom. The lowest BCUT2D eigenvalue weighted by atomic mass is 10.1. The molecule has 0 saturated carbocycles. The summed E-state index contributed by atoms with van der Waals surface area (Å²) in [6.07, 6.45) is 1.56. The first-order chi connectivity index (χ1) is 15.4. The quantitative estimate of drug-likeness (QED) is 0.376. The summed E-state index contributed by atoms with van der Waals surface area (Å²) in [7, 11) is 0. The predicted octanol–water partition coefficient (Wildman–Crippen LogP) is 4.13. The second kappa shape index (κ2) is 10.7. The molecule has 0 aliphatic carbocycles. The van der Waals surface area contributed by atoms with E-state index in [2.05, 4.69) is 27.4 Å². The molecule has 2 amide bonds. The molecule has 3 rings (SSSR count). The number of halogens is 1. The van der Waals surface area contributed by atoms with Gasteiger partial charge >= 0.3 is 0 Å². The molecule has 0 bridgehead atoms. The SMILES string of the molecule is C=CCn1c(CC(=O)Nc2ccccc2F)nnc1SCC(=O)Nc1ccc(C)cc1C. The van der Waals surface area contributed by atoms with Crippen LogP contribution in [0.2, 0.25) is 0 Å². The van der Waals surface area contributed by atoms with Gasteiger partial charge in [0.1, 0.15) is 11.6 Å². The van der Waals surface area contributed by atoms with Crippen molar-refractivity contribution in [1.82, 2.24) is 14.8 Å². The van der Waals surface area contributed by atoms with Crippen molar-refractivity contribution in [2.75, 3.05) is 16.4 Å². The maximum absolute atomic E-state index is 13.8. The number of aromatic nitrogens is 3. The fraction of sp³-hybridized carbons (Fsp3) is 0.217. The second-order valence-electron chi connectivity index (χ2n) is 7.16. The summed E-state index contributed by atoms with van der Waals surface area (Å²) in [4.78, 5) is 24.8. The van der Waals surface area contributed by atoms with E-state index in [4.69, 9.17) is 0 Å². The lowest BCUT2D eigenvalue weighted by molar-refractivity contribution is -0.116. The van der Waals surface area contributed by atoms with Crippen molar-refractivity contribution in [2.24, 2.45) is 0 Å². The molecule has 2 aromatic carbocycles. The van der Waals surface area contributed by atoms with E-state index >= 15 is 0 Å². The molecule has 0 atom stereocenters. The standard InChI is InChI=1S/C23H24FN5O2S/c1-4-11-29-20(13-21(30)26-19-8-6-5-7-17(19)24)27-28-23(29)32-14-22(31)25-18-10-9-15(2)12-16(18)3/h4-10,12H,1,11,13-14H2,2-3H3,(H,25,31)(H,26,30). The van der Waals surface area contributed by atoms with Gasteiger partial charge in [0.05, 0.1) is 17.9 Å². The van der Waals surface area contributed by atoms with E-state index in [0.29, 0.717) is 17.5 Å². The van der Waals surface area contributed by atoms with Gasteiger partial charge in [-0.2, -0.15) is 0 Å². The number of benzene rings is 2. The molecular weight excluding hydrogens is 429 g/mol. The molecule has 0 saturated heterocycles. The molecule has 0 aliphatic heterocycles. The second-order valence-corrected chi connectivity index (χ2v) is 8.10. The van der Waals surface area contributed by atoms with E-state index in [1.807, 2.05) is 32.0 Å². The minimum atomic E-state index is -0.514. The largest absolute Gasteiger partial charge is 0.325 e. The normalized spacial score (nSPS) is 10.6. The topological polar surface area (TPSA) is 88.9 Å². The molecule has 3 aromatic rings. The van der Waals surface area contributed by atoms with Crippen LogP contribution in [-0.4, -0.2) is 32.3 Å². The van der Waals surface area contributed by atoms with Crippen molar-refractivity contribution in [3.05, 3.63) is 77.9 Å². The van der Waals surface area contributed by atoms with Gasteiger partial charge in [0.15, 0.2) is 5.16 Å². The van der Waals surface area contributed by atoms with Gasteiger partial charge in [-0.25, -0.2) is 4.39 Å². The van der Waals surface area contributed by atoms with Gasteiger partial charge in [-0.1, -0.05) is 47.7 Å². The summed E-state index contributed by atoms with van der Waals surface area (Å²) in [6.45, 7) is 8.04. The van der Waals surface area contributed by atoms with E-state index in [0.717, 1.165) is 16.8 Å². The molecule has 166 valence electrons. The molecule has 0 radical (unpaired) electrons. The van der Waals surface area contributed by atoms with Crippen LogP contribution in [0.1, 0.15) is 17.0 Å². The molecule has 0 unspecified atom stereocenters.